The highest BCUT2D eigenvalue weighted by molar-refractivity contribution is 5.71. The first-order chi connectivity index (χ1) is 32.0. The Morgan fingerprint density at radius 1 is 0.323 bits per heavy atom. The van der Waals surface area contributed by atoms with Crippen molar-refractivity contribution >= 4 is 17.9 Å². The van der Waals surface area contributed by atoms with Crippen LogP contribution >= 0.6 is 0 Å². The second kappa shape index (κ2) is 52.9. The molecule has 0 aliphatic carbocycles. The number of carbonyl (C=O) groups excluding carboxylic acids is 3. The molecule has 0 saturated heterocycles. The van der Waals surface area contributed by atoms with Crippen molar-refractivity contribution in [3.63, 3.8) is 0 Å². The average molecular weight is 903 g/mol. The van der Waals surface area contributed by atoms with Gasteiger partial charge >= 0.3 is 17.9 Å². The molecule has 0 heterocycles. The summed E-state index contributed by atoms with van der Waals surface area (Å²) in [7, 11) is 0. The number of rotatable bonds is 47. The summed E-state index contributed by atoms with van der Waals surface area (Å²) >= 11 is 0. The van der Waals surface area contributed by atoms with Crippen molar-refractivity contribution in [1.29, 1.82) is 0 Å². The number of allylic oxidation sites excluding steroid dienone is 16. The maximum absolute atomic E-state index is 12.8. The molecule has 0 aromatic heterocycles. The van der Waals surface area contributed by atoms with Crippen LogP contribution in [-0.4, -0.2) is 37.2 Å². The van der Waals surface area contributed by atoms with E-state index in [1.54, 1.807) is 0 Å². The van der Waals surface area contributed by atoms with Crippen molar-refractivity contribution in [3.05, 3.63) is 97.2 Å². The largest absolute Gasteiger partial charge is 0.462 e. The van der Waals surface area contributed by atoms with Gasteiger partial charge in [-0.2, -0.15) is 0 Å². The summed E-state index contributed by atoms with van der Waals surface area (Å²) in [5, 5.41) is 0. The molecule has 6 heteroatoms. The van der Waals surface area contributed by atoms with Crippen molar-refractivity contribution in [2.75, 3.05) is 13.2 Å². The van der Waals surface area contributed by atoms with Crippen LogP contribution in [0.4, 0.5) is 0 Å². The smallest absolute Gasteiger partial charge is 0.306 e. The Labute approximate surface area is 400 Å². The quantitative estimate of drug-likeness (QED) is 0.0262. The van der Waals surface area contributed by atoms with E-state index in [2.05, 4.69) is 118 Å². The van der Waals surface area contributed by atoms with Crippen molar-refractivity contribution in [1.82, 2.24) is 0 Å². The second-order valence-corrected chi connectivity index (χ2v) is 17.4. The summed E-state index contributed by atoms with van der Waals surface area (Å²) in [6, 6.07) is 0. The van der Waals surface area contributed by atoms with E-state index >= 15 is 0 Å². The van der Waals surface area contributed by atoms with Gasteiger partial charge in [0.15, 0.2) is 6.10 Å². The first kappa shape index (κ1) is 61.3. The molecule has 6 nitrogen and oxygen atoms in total. The number of hydrogen-bond donors (Lipinski definition) is 0. The number of ether oxygens (including phenoxy) is 3. The molecule has 1 atom stereocenters. The van der Waals surface area contributed by atoms with Crippen molar-refractivity contribution in [3.8, 4) is 0 Å². The third kappa shape index (κ3) is 51.2. The van der Waals surface area contributed by atoms with Crippen LogP contribution in [0.15, 0.2) is 97.2 Å². The molecule has 0 aromatic carbocycles. The lowest BCUT2D eigenvalue weighted by atomic mass is 10.1. The third-order valence-corrected chi connectivity index (χ3v) is 11.1. The molecule has 0 amide bonds. The van der Waals surface area contributed by atoms with Crippen LogP contribution in [0, 0.1) is 0 Å². The van der Waals surface area contributed by atoms with Gasteiger partial charge in [0, 0.05) is 19.3 Å². The van der Waals surface area contributed by atoms with Gasteiger partial charge in [-0.1, -0.05) is 214 Å². The Morgan fingerprint density at radius 3 is 0.969 bits per heavy atom. The molecule has 0 aromatic rings. The van der Waals surface area contributed by atoms with Crippen LogP contribution < -0.4 is 0 Å². The summed E-state index contributed by atoms with van der Waals surface area (Å²) < 4.78 is 16.7. The minimum absolute atomic E-state index is 0.0881. The standard InChI is InChI=1S/C59H98O6/c1-4-7-10-13-15-17-19-21-23-25-27-28-29-30-32-33-35-37-39-41-43-46-49-52-58(61)64-55-56(54-63-57(60)51-48-45-12-9-6-3)65-59(62)53-50-47-44-42-40-38-36-34-31-26-24-22-20-18-16-14-11-8-5-2/h7,10,15-18,21-24,27-28,30-32,34,56H,4-6,8-9,11-14,19-20,25-26,29,33,35-55H2,1-3H3/b10-7-,17-15-,18-16-,23-21-,24-22-,28-27-,32-30-,34-31-. The number of carbonyl (C=O) groups is 3. The van der Waals surface area contributed by atoms with Crippen LogP contribution in [0.2, 0.25) is 0 Å². The number of esters is 3. The van der Waals surface area contributed by atoms with Crippen LogP contribution in [0.5, 0.6) is 0 Å². The summed E-state index contributed by atoms with van der Waals surface area (Å²) in [4.78, 5) is 37.7. The maximum atomic E-state index is 12.8. The lowest BCUT2D eigenvalue weighted by Crippen LogP contribution is -2.30. The Hall–Kier alpha value is -3.67. The lowest BCUT2D eigenvalue weighted by Gasteiger charge is -2.18. The normalized spacial score (nSPS) is 12.8. The van der Waals surface area contributed by atoms with Crippen LogP contribution in [-0.2, 0) is 28.6 Å². The fourth-order valence-corrected chi connectivity index (χ4v) is 7.06. The molecule has 0 bridgehead atoms. The fourth-order valence-electron chi connectivity index (χ4n) is 7.06. The van der Waals surface area contributed by atoms with E-state index < -0.39 is 6.10 Å². The molecule has 370 valence electrons. The molecule has 0 aliphatic heterocycles. The summed E-state index contributed by atoms with van der Waals surface area (Å²) in [5.41, 5.74) is 0. The van der Waals surface area contributed by atoms with Gasteiger partial charge in [0.2, 0.25) is 0 Å². The van der Waals surface area contributed by atoms with Crippen molar-refractivity contribution in [2.24, 2.45) is 0 Å². The number of hydrogen-bond acceptors (Lipinski definition) is 6. The zero-order chi connectivity index (χ0) is 47.2. The Balaban J connectivity index is 4.20. The highest BCUT2D eigenvalue weighted by Crippen LogP contribution is 2.14. The van der Waals surface area contributed by atoms with E-state index in [1.807, 2.05) is 0 Å². The lowest BCUT2D eigenvalue weighted by molar-refractivity contribution is -0.167. The SMILES string of the molecule is CC/C=C\C/C=C\C/C=C\C/C=C\C/C=C\CCCCCCCCCC(=O)OCC(COC(=O)CCCCCCC)OC(=O)CCCCCCCC/C=C\C/C=C\C/C=C\CCCCC. The predicted octanol–water partition coefficient (Wildman–Crippen LogP) is 17.8. The zero-order valence-corrected chi connectivity index (χ0v) is 42.2. The molecule has 0 fully saturated rings. The minimum atomic E-state index is -0.786. The molecule has 0 saturated carbocycles. The molecule has 0 spiro atoms. The first-order valence-electron chi connectivity index (χ1n) is 26.7. The molecule has 0 N–H and O–H groups in total. The number of unbranched alkanes of at least 4 members (excludes halogenated alkanes) is 20. The third-order valence-electron chi connectivity index (χ3n) is 11.1. The van der Waals surface area contributed by atoms with Gasteiger partial charge < -0.3 is 14.2 Å². The zero-order valence-electron chi connectivity index (χ0n) is 42.2. The van der Waals surface area contributed by atoms with Gasteiger partial charge in [-0.25, -0.2) is 0 Å². The predicted molar refractivity (Wildman–Crippen MR) is 279 cm³/mol. The van der Waals surface area contributed by atoms with Crippen molar-refractivity contribution in [2.45, 2.75) is 245 Å². The highest BCUT2D eigenvalue weighted by atomic mass is 16.6. The van der Waals surface area contributed by atoms with Gasteiger partial charge in [0.25, 0.3) is 0 Å². The van der Waals surface area contributed by atoms with E-state index in [9.17, 15) is 14.4 Å². The molecule has 0 radical (unpaired) electrons. The molecular formula is C59H98O6. The molecule has 0 rings (SSSR count). The average Bonchev–Trinajstić information content (AvgIpc) is 3.30. The van der Waals surface area contributed by atoms with E-state index in [0.29, 0.717) is 19.3 Å². The Morgan fingerprint density at radius 2 is 0.600 bits per heavy atom. The van der Waals surface area contributed by atoms with Crippen LogP contribution in [0.25, 0.3) is 0 Å². The van der Waals surface area contributed by atoms with Gasteiger partial charge in [0.1, 0.15) is 13.2 Å². The second-order valence-electron chi connectivity index (χ2n) is 17.4. The Kier molecular flexibility index (Phi) is 50.0. The van der Waals surface area contributed by atoms with E-state index in [1.165, 1.54) is 70.6 Å². The highest BCUT2D eigenvalue weighted by Gasteiger charge is 2.19. The van der Waals surface area contributed by atoms with Gasteiger partial charge in [0.05, 0.1) is 0 Å². The van der Waals surface area contributed by atoms with Crippen molar-refractivity contribution < 1.29 is 28.6 Å². The topological polar surface area (TPSA) is 78.9 Å². The van der Waals surface area contributed by atoms with E-state index in [-0.39, 0.29) is 31.1 Å². The van der Waals surface area contributed by atoms with E-state index in [4.69, 9.17) is 14.2 Å². The summed E-state index contributed by atoms with van der Waals surface area (Å²) in [5.74, 6) is -0.928. The minimum Gasteiger partial charge on any atom is -0.462 e. The van der Waals surface area contributed by atoms with Gasteiger partial charge in [-0.05, 0) is 103 Å². The summed E-state index contributed by atoms with van der Waals surface area (Å²) in [6.07, 6.45) is 70.0. The maximum Gasteiger partial charge on any atom is 0.306 e. The molecular weight excluding hydrogens is 805 g/mol. The molecule has 65 heavy (non-hydrogen) atoms. The first-order valence-corrected chi connectivity index (χ1v) is 26.7. The van der Waals surface area contributed by atoms with Crippen LogP contribution in [0.1, 0.15) is 239 Å². The molecule has 0 aliphatic rings. The van der Waals surface area contributed by atoms with E-state index in [0.717, 1.165) is 128 Å². The Bertz CT molecular complexity index is 1310. The molecule has 1 unspecified atom stereocenters. The monoisotopic (exact) mass is 903 g/mol. The van der Waals surface area contributed by atoms with Crippen LogP contribution in [0.3, 0.4) is 0 Å². The van der Waals surface area contributed by atoms with Gasteiger partial charge in [-0.15, -0.1) is 0 Å². The van der Waals surface area contributed by atoms with Gasteiger partial charge in [-0.3, -0.25) is 14.4 Å². The summed E-state index contributed by atoms with van der Waals surface area (Å²) in [6.45, 7) is 6.39. The fraction of sp³-hybridized carbons (Fsp3) is 0.678.